The van der Waals surface area contributed by atoms with Gasteiger partial charge in [-0.15, -0.1) is 0 Å². The number of hydrogen-bond acceptors (Lipinski definition) is 2. The Kier molecular flexibility index (Phi) is 4.45. The molecule has 3 rings (SSSR count). The molecule has 2 fully saturated rings. The molecule has 1 saturated heterocycles. The highest BCUT2D eigenvalue weighted by Gasteiger charge is 2.53. The van der Waals surface area contributed by atoms with Crippen LogP contribution in [0.5, 0.6) is 0 Å². The van der Waals surface area contributed by atoms with E-state index in [1.54, 1.807) is 12.1 Å². The van der Waals surface area contributed by atoms with Gasteiger partial charge in [0.2, 0.25) is 5.91 Å². The van der Waals surface area contributed by atoms with Crippen LogP contribution in [-0.2, 0) is 4.79 Å². The largest absolute Gasteiger partial charge is 0.393 e. The summed E-state index contributed by atoms with van der Waals surface area (Å²) in [5.41, 5.74) is 0.626. The molecule has 1 heterocycles. The second kappa shape index (κ2) is 6.23. The lowest BCUT2D eigenvalue weighted by atomic mass is 9.63. The number of likely N-dealkylation sites (tertiary alicyclic amines) is 1. The monoisotopic (exact) mass is 319 g/mol. The van der Waals surface area contributed by atoms with Crippen LogP contribution in [0, 0.1) is 11.2 Å². The van der Waals surface area contributed by atoms with Gasteiger partial charge >= 0.3 is 0 Å². The molecule has 1 N–H and O–H groups in total. The third-order valence-corrected chi connectivity index (χ3v) is 5.59. The summed E-state index contributed by atoms with van der Waals surface area (Å²) in [6, 6.07) is 6.75. The summed E-state index contributed by atoms with van der Waals surface area (Å²) in [7, 11) is 0. The lowest BCUT2D eigenvalue weighted by Gasteiger charge is -2.48. The maximum atomic E-state index is 13.3. The second-order valence-electron chi connectivity index (χ2n) is 7.30. The lowest BCUT2D eigenvalue weighted by molar-refractivity contribution is -0.160. The van der Waals surface area contributed by atoms with E-state index in [4.69, 9.17) is 0 Å². The van der Waals surface area contributed by atoms with Gasteiger partial charge in [0.05, 0.1) is 17.6 Å². The molecular formula is C19H26FNO2. The van der Waals surface area contributed by atoms with Crippen molar-refractivity contribution >= 4 is 5.91 Å². The van der Waals surface area contributed by atoms with Crippen molar-refractivity contribution in [2.75, 3.05) is 0 Å². The quantitative estimate of drug-likeness (QED) is 0.916. The number of carbonyl (C=O) groups is 1. The Bertz CT molecular complexity index is 560. The maximum Gasteiger partial charge on any atom is 0.229 e. The topological polar surface area (TPSA) is 40.5 Å². The van der Waals surface area contributed by atoms with E-state index in [2.05, 4.69) is 13.8 Å². The maximum absolute atomic E-state index is 13.3. The SMILES string of the molecule is CCCC1(C(=O)N2C(C)CCC2c2ccc(F)cc2)CC(O)C1. The molecule has 126 valence electrons. The smallest absolute Gasteiger partial charge is 0.229 e. The van der Waals surface area contributed by atoms with Crippen LogP contribution in [0.3, 0.4) is 0 Å². The fourth-order valence-electron chi connectivity index (χ4n) is 4.42. The van der Waals surface area contributed by atoms with Gasteiger partial charge in [-0.1, -0.05) is 25.5 Å². The lowest BCUT2D eigenvalue weighted by Crippen LogP contribution is -2.54. The zero-order chi connectivity index (χ0) is 16.6. The molecule has 1 aliphatic carbocycles. The number of nitrogens with zero attached hydrogens (tertiary/aromatic N) is 1. The summed E-state index contributed by atoms with van der Waals surface area (Å²) in [5, 5.41) is 9.77. The van der Waals surface area contributed by atoms with E-state index in [1.165, 1.54) is 12.1 Å². The molecular weight excluding hydrogens is 293 g/mol. The first-order chi connectivity index (χ1) is 11.0. The molecule has 4 heteroatoms. The van der Waals surface area contributed by atoms with E-state index in [0.717, 1.165) is 31.2 Å². The Morgan fingerprint density at radius 2 is 1.96 bits per heavy atom. The molecule has 1 aromatic rings. The minimum Gasteiger partial charge on any atom is -0.393 e. The van der Waals surface area contributed by atoms with Crippen LogP contribution in [0.4, 0.5) is 4.39 Å². The molecule has 2 unspecified atom stereocenters. The second-order valence-corrected chi connectivity index (χ2v) is 7.30. The molecule has 2 aliphatic rings. The Hall–Kier alpha value is -1.42. The standard InChI is InChI=1S/C19H26FNO2/c1-3-10-19(11-16(22)12-19)18(23)21-13(2)4-9-17(21)14-5-7-15(20)8-6-14/h5-8,13,16-17,22H,3-4,9-12H2,1-2H3. The average Bonchev–Trinajstić information content (AvgIpc) is 2.87. The highest BCUT2D eigenvalue weighted by Crippen LogP contribution is 2.49. The number of aliphatic hydroxyl groups excluding tert-OH is 1. The minimum atomic E-state index is -0.384. The van der Waals surface area contributed by atoms with Crippen molar-refractivity contribution in [3.8, 4) is 0 Å². The average molecular weight is 319 g/mol. The van der Waals surface area contributed by atoms with Gasteiger partial charge in [0.25, 0.3) is 0 Å². The Labute approximate surface area is 137 Å². The van der Waals surface area contributed by atoms with Crippen LogP contribution in [-0.4, -0.2) is 28.1 Å². The summed E-state index contributed by atoms with van der Waals surface area (Å²) in [6.07, 6.45) is 4.50. The van der Waals surface area contributed by atoms with Gasteiger partial charge in [-0.05, 0) is 56.7 Å². The van der Waals surface area contributed by atoms with E-state index >= 15 is 0 Å². The van der Waals surface area contributed by atoms with Crippen molar-refractivity contribution in [3.05, 3.63) is 35.6 Å². The van der Waals surface area contributed by atoms with Crippen molar-refractivity contribution in [3.63, 3.8) is 0 Å². The summed E-state index contributed by atoms with van der Waals surface area (Å²) in [4.78, 5) is 15.3. The summed E-state index contributed by atoms with van der Waals surface area (Å²) >= 11 is 0. The third kappa shape index (κ3) is 2.89. The van der Waals surface area contributed by atoms with E-state index in [-0.39, 0.29) is 35.3 Å². The predicted octanol–water partition coefficient (Wildman–Crippen LogP) is 3.82. The van der Waals surface area contributed by atoms with Crippen LogP contribution in [0.25, 0.3) is 0 Å². The van der Waals surface area contributed by atoms with Crippen LogP contribution in [0.15, 0.2) is 24.3 Å². The van der Waals surface area contributed by atoms with Gasteiger partial charge in [-0.2, -0.15) is 0 Å². The van der Waals surface area contributed by atoms with Crippen molar-refractivity contribution < 1.29 is 14.3 Å². The van der Waals surface area contributed by atoms with Crippen LogP contribution < -0.4 is 0 Å². The first-order valence-electron chi connectivity index (χ1n) is 8.73. The molecule has 0 spiro atoms. The van der Waals surface area contributed by atoms with E-state index in [0.29, 0.717) is 12.8 Å². The van der Waals surface area contributed by atoms with E-state index in [1.807, 2.05) is 4.90 Å². The molecule has 2 atom stereocenters. The number of carbonyl (C=O) groups excluding carboxylic acids is 1. The highest BCUT2D eigenvalue weighted by molar-refractivity contribution is 5.85. The molecule has 1 saturated carbocycles. The van der Waals surface area contributed by atoms with Gasteiger partial charge in [-0.3, -0.25) is 4.79 Å². The Balaban J connectivity index is 1.86. The number of amides is 1. The number of benzene rings is 1. The van der Waals surface area contributed by atoms with Crippen LogP contribution >= 0.6 is 0 Å². The molecule has 1 amide bonds. The number of aliphatic hydroxyl groups is 1. The van der Waals surface area contributed by atoms with Crippen molar-refractivity contribution in [1.29, 1.82) is 0 Å². The molecule has 23 heavy (non-hydrogen) atoms. The number of rotatable bonds is 4. The fraction of sp³-hybridized carbons (Fsp3) is 0.632. The summed E-state index contributed by atoms with van der Waals surface area (Å²) < 4.78 is 13.2. The first kappa shape index (κ1) is 16.4. The molecule has 0 bridgehead atoms. The molecule has 0 aromatic heterocycles. The Morgan fingerprint density at radius 3 is 2.52 bits per heavy atom. The van der Waals surface area contributed by atoms with Gasteiger partial charge in [0.1, 0.15) is 5.82 Å². The minimum absolute atomic E-state index is 0.0320. The van der Waals surface area contributed by atoms with Gasteiger partial charge in [0.15, 0.2) is 0 Å². The van der Waals surface area contributed by atoms with Crippen molar-refractivity contribution in [1.82, 2.24) is 4.90 Å². The number of halogens is 1. The predicted molar refractivity (Wildman–Crippen MR) is 87.3 cm³/mol. The number of hydrogen-bond donors (Lipinski definition) is 1. The van der Waals surface area contributed by atoms with Crippen LogP contribution in [0.2, 0.25) is 0 Å². The highest BCUT2D eigenvalue weighted by atomic mass is 19.1. The zero-order valence-corrected chi connectivity index (χ0v) is 14.0. The normalized spacial score (nSPS) is 33.6. The molecule has 1 aromatic carbocycles. The van der Waals surface area contributed by atoms with E-state index in [9.17, 15) is 14.3 Å². The van der Waals surface area contributed by atoms with Crippen molar-refractivity contribution in [2.45, 2.75) is 70.6 Å². The van der Waals surface area contributed by atoms with E-state index < -0.39 is 0 Å². The fourth-order valence-corrected chi connectivity index (χ4v) is 4.42. The zero-order valence-electron chi connectivity index (χ0n) is 14.0. The molecule has 1 aliphatic heterocycles. The van der Waals surface area contributed by atoms with Gasteiger partial charge in [-0.25, -0.2) is 4.39 Å². The van der Waals surface area contributed by atoms with Gasteiger partial charge in [0, 0.05) is 6.04 Å². The summed E-state index contributed by atoms with van der Waals surface area (Å²) in [6.45, 7) is 4.18. The molecule has 0 radical (unpaired) electrons. The molecule has 3 nitrogen and oxygen atoms in total. The summed E-state index contributed by atoms with van der Waals surface area (Å²) in [5.74, 6) is -0.0637. The van der Waals surface area contributed by atoms with Gasteiger partial charge < -0.3 is 10.0 Å². The Morgan fingerprint density at radius 1 is 1.30 bits per heavy atom. The van der Waals surface area contributed by atoms with Crippen LogP contribution in [0.1, 0.15) is 64.0 Å². The first-order valence-corrected chi connectivity index (χ1v) is 8.73. The van der Waals surface area contributed by atoms with Crippen molar-refractivity contribution in [2.24, 2.45) is 5.41 Å². The third-order valence-electron chi connectivity index (χ3n) is 5.59.